The maximum atomic E-state index is 12.8. The van der Waals surface area contributed by atoms with Crippen LogP contribution in [0.4, 0.5) is 4.79 Å². The van der Waals surface area contributed by atoms with E-state index in [1.807, 2.05) is 39.0 Å². The summed E-state index contributed by atoms with van der Waals surface area (Å²) in [6.07, 6.45) is 0.946. The van der Waals surface area contributed by atoms with E-state index in [-0.39, 0.29) is 24.5 Å². The molecule has 2 heterocycles. The number of rotatable bonds is 3. The molecule has 0 radical (unpaired) electrons. The van der Waals surface area contributed by atoms with Gasteiger partial charge in [0.15, 0.2) is 11.5 Å². The number of piperidine rings is 1. The van der Waals surface area contributed by atoms with Crippen molar-refractivity contribution >= 4 is 12.0 Å². The number of benzene rings is 1. The molecule has 154 valence electrons. The predicted molar refractivity (Wildman–Crippen MR) is 105 cm³/mol. The van der Waals surface area contributed by atoms with E-state index >= 15 is 0 Å². The van der Waals surface area contributed by atoms with E-state index in [0.29, 0.717) is 31.1 Å². The lowest BCUT2D eigenvalue weighted by atomic mass is 9.97. The first-order valence-corrected chi connectivity index (χ1v) is 9.84. The van der Waals surface area contributed by atoms with Crippen LogP contribution in [0.3, 0.4) is 0 Å². The van der Waals surface area contributed by atoms with Gasteiger partial charge < -0.3 is 24.0 Å². The fourth-order valence-electron chi connectivity index (χ4n) is 3.57. The molecule has 1 fully saturated rings. The van der Waals surface area contributed by atoms with Gasteiger partial charge >= 0.3 is 6.09 Å². The molecule has 2 aliphatic rings. The van der Waals surface area contributed by atoms with Gasteiger partial charge in [-0.3, -0.25) is 4.79 Å². The highest BCUT2D eigenvalue weighted by molar-refractivity contribution is 5.81. The highest BCUT2D eigenvalue weighted by Crippen LogP contribution is 2.31. The summed E-state index contributed by atoms with van der Waals surface area (Å²) in [7, 11) is 1.78. The minimum Gasteiger partial charge on any atom is -0.485 e. The number of carbonyl (C=O) groups is 2. The van der Waals surface area contributed by atoms with E-state index in [1.165, 1.54) is 0 Å². The molecule has 0 aliphatic carbocycles. The lowest BCUT2D eigenvalue weighted by Crippen LogP contribution is -2.49. The van der Waals surface area contributed by atoms with Crippen LogP contribution in [0.1, 0.15) is 33.6 Å². The maximum Gasteiger partial charge on any atom is 0.410 e. The highest BCUT2D eigenvalue weighted by atomic mass is 16.6. The summed E-state index contributed by atoms with van der Waals surface area (Å²) in [6.45, 7) is 7.65. The van der Waals surface area contributed by atoms with Crippen LogP contribution in [0.5, 0.6) is 11.5 Å². The molecule has 0 aromatic heterocycles. The van der Waals surface area contributed by atoms with Crippen molar-refractivity contribution in [2.24, 2.45) is 5.92 Å². The number of likely N-dealkylation sites (N-methyl/N-ethyl adjacent to an activating group) is 1. The number of para-hydroxylation sites is 2. The van der Waals surface area contributed by atoms with Crippen LogP contribution >= 0.6 is 0 Å². The van der Waals surface area contributed by atoms with Crippen LogP contribution in [0.2, 0.25) is 0 Å². The van der Waals surface area contributed by atoms with Crippen LogP contribution < -0.4 is 9.47 Å². The molecule has 3 rings (SSSR count). The number of nitrogens with zero attached hydrogens (tertiary/aromatic N) is 2. The summed E-state index contributed by atoms with van der Waals surface area (Å²) in [5.74, 6) is 1.36. The zero-order chi connectivity index (χ0) is 20.3. The molecule has 2 atom stereocenters. The van der Waals surface area contributed by atoms with Crippen molar-refractivity contribution in [1.82, 2.24) is 9.80 Å². The molecule has 0 spiro atoms. The first-order valence-electron chi connectivity index (χ1n) is 9.84. The number of carbonyl (C=O) groups excluding carboxylic acids is 2. The first kappa shape index (κ1) is 20.3. The molecule has 0 N–H and O–H groups in total. The quantitative estimate of drug-likeness (QED) is 0.794. The smallest absolute Gasteiger partial charge is 0.410 e. The van der Waals surface area contributed by atoms with Crippen LogP contribution in [0.25, 0.3) is 0 Å². The number of ether oxygens (including phenoxy) is 3. The summed E-state index contributed by atoms with van der Waals surface area (Å²) in [4.78, 5) is 28.6. The van der Waals surface area contributed by atoms with Crippen LogP contribution in [0.15, 0.2) is 24.3 Å². The molecule has 2 aliphatic heterocycles. The van der Waals surface area contributed by atoms with Gasteiger partial charge in [-0.05, 0) is 51.7 Å². The zero-order valence-electron chi connectivity index (χ0n) is 17.1. The molecule has 0 bridgehead atoms. The topological polar surface area (TPSA) is 68.3 Å². The first-order chi connectivity index (χ1) is 13.2. The largest absolute Gasteiger partial charge is 0.485 e. The second-order valence-electron chi connectivity index (χ2n) is 8.52. The number of amides is 2. The second-order valence-corrected chi connectivity index (χ2v) is 8.52. The van der Waals surface area contributed by atoms with Gasteiger partial charge in [0.25, 0.3) is 5.91 Å². The number of fused-ring (bicyclic) bond motifs is 1. The van der Waals surface area contributed by atoms with Gasteiger partial charge in [-0.15, -0.1) is 0 Å². The van der Waals surface area contributed by atoms with Crippen molar-refractivity contribution in [2.45, 2.75) is 45.3 Å². The monoisotopic (exact) mass is 390 g/mol. The minimum absolute atomic E-state index is 0.108. The fraction of sp³-hybridized carbons (Fsp3) is 0.619. The molecule has 2 amide bonds. The molecule has 1 aromatic rings. The van der Waals surface area contributed by atoms with Crippen LogP contribution in [0, 0.1) is 5.92 Å². The Morgan fingerprint density at radius 2 is 1.96 bits per heavy atom. The van der Waals surface area contributed by atoms with Crippen LogP contribution in [-0.2, 0) is 9.53 Å². The molecule has 0 unspecified atom stereocenters. The third kappa shape index (κ3) is 5.09. The lowest BCUT2D eigenvalue weighted by molar-refractivity contribution is -0.140. The van der Waals surface area contributed by atoms with Gasteiger partial charge in [0.1, 0.15) is 12.2 Å². The molecule has 1 saturated heterocycles. The van der Waals surface area contributed by atoms with E-state index in [2.05, 4.69) is 0 Å². The van der Waals surface area contributed by atoms with Gasteiger partial charge in [-0.25, -0.2) is 4.79 Å². The van der Waals surface area contributed by atoms with Gasteiger partial charge in [0.05, 0.1) is 0 Å². The average Bonchev–Trinajstić information content (AvgIpc) is 2.66. The Bertz CT molecular complexity index is 715. The molecule has 7 heteroatoms. The third-order valence-electron chi connectivity index (χ3n) is 4.86. The SMILES string of the molecule is CN(C[C@@H]1CCCN(C(=O)OC(C)(C)C)C1)C(=O)[C@H]1COc2ccccc2O1. The molecule has 0 saturated carbocycles. The molecular formula is C21H30N2O5. The lowest BCUT2D eigenvalue weighted by Gasteiger charge is -2.36. The zero-order valence-corrected chi connectivity index (χ0v) is 17.1. The molecule has 28 heavy (non-hydrogen) atoms. The maximum absolute atomic E-state index is 12.8. The number of hydrogen-bond acceptors (Lipinski definition) is 5. The number of likely N-dealkylation sites (tertiary alicyclic amines) is 1. The Kier molecular flexibility index (Phi) is 6.01. The molecular weight excluding hydrogens is 360 g/mol. The normalized spacial score (nSPS) is 21.8. The highest BCUT2D eigenvalue weighted by Gasteiger charge is 2.33. The Morgan fingerprint density at radius 1 is 1.25 bits per heavy atom. The molecule has 7 nitrogen and oxygen atoms in total. The Hall–Kier alpha value is -2.44. The standard InChI is InChI=1S/C21H30N2O5/c1-21(2,3)28-20(25)23-11-7-8-15(13-23)12-22(4)19(24)18-14-26-16-9-5-6-10-17(16)27-18/h5-6,9-10,15,18H,7-8,11-14H2,1-4H3/t15-,18+/m0/s1. The Balaban J connectivity index is 1.53. The Labute approximate surface area is 166 Å². The third-order valence-corrected chi connectivity index (χ3v) is 4.86. The summed E-state index contributed by atoms with van der Waals surface area (Å²) < 4.78 is 16.9. The average molecular weight is 390 g/mol. The summed E-state index contributed by atoms with van der Waals surface area (Å²) in [6, 6.07) is 7.35. The summed E-state index contributed by atoms with van der Waals surface area (Å²) >= 11 is 0. The van der Waals surface area contributed by atoms with Gasteiger partial charge in [-0.2, -0.15) is 0 Å². The van der Waals surface area contributed by atoms with E-state index in [9.17, 15) is 9.59 Å². The second kappa shape index (κ2) is 8.29. The minimum atomic E-state index is -0.648. The van der Waals surface area contributed by atoms with Crippen molar-refractivity contribution in [3.8, 4) is 11.5 Å². The van der Waals surface area contributed by atoms with Crippen molar-refractivity contribution < 1.29 is 23.8 Å². The van der Waals surface area contributed by atoms with E-state index in [4.69, 9.17) is 14.2 Å². The number of hydrogen-bond donors (Lipinski definition) is 0. The molecule has 1 aromatic carbocycles. The van der Waals surface area contributed by atoms with Gasteiger partial charge in [0.2, 0.25) is 6.10 Å². The van der Waals surface area contributed by atoms with Gasteiger partial charge in [0, 0.05) is 26.7 Å². The van der Waals surface area contributed by atoms with Crippen molar-refractivity contribution in [2.75, 3.05) is 33.3 Å². The van der Waals surface area contributed by atoms with E-state index in [0.717, 1.165) is 12.8 Å². The summed E-state index contributed by atoms with van der Waals surface area (Å²) in [5, 5.41) is 0. The summed E-state index contributed by atoms with van der Waals surface area (Å²) in [5.41, 5.74) is -0.509. The van der Waals surface area contributed by atoms with Crippen molar-refractivity contribution in [3.05, 3.63) is 24.3 Å². The Morgan fingerprint density at radius 3 is 2.68 bits per heavy atom. The van der Waals surface area contributed by atoms with Crippen LogP contribution in [-0.4, -0.2) is 66.8 Å². The van der Waals surface area contributed by atoms with Crippen molar-refractivity contribution in [1.29, 1.82) is 0 Å². The van der Waals surface area contributed by atoms with E-state index < -0.39 is 11.7 Å². The fourth-order valence-corrected chi connectivity index (χ4v) is 3.57. The van der Waals surface area contributed by atoms with E-state index in [1.54, 1.807) is 22.9 Å². The van der Waals surface area contributed by atoms with Gasteiger partial charge in [-0.1, -0.05) is 12.1 Å². The van der Waals surface area contributed by atoms with Crippen molar-refractivity contribution in [3.63, 3.8) is 0 Å². The predicted octanol–water partition coefficient (Wildman–Crippen LogP) is 2.93.